The number of phenols is 1. The average Bonchev–Trinajstić information content (AvgIpc) is 2.48. The maximum atomic E-state index is 10.1. The fraction of sp³-hybridized carbons (Fsp3) is 0.647. The van der Waals surface area contributed by atoms with Gasteiger partial charge in [0.1, 0.15) is 0 Å². The molecule has 24 heavy (non-hydrogen) atoms. The smallest absolute Gasteiger partial charge is 0.200 e. The number of phenolic OH excluding ortho intramolecular Hbond substituents is 1. The van der Waals surface area contributed by atoms with Gasteiger partial charge in [0.2, 0.25) is 5.75 Å². The number of hydrogen-bond acceptors (Lipinski definition) is 5. The van der Waals surface area contributed by atoms with Crippen LogP contribution in [-0.4, -0.2) is 50.4 Å². The van der Waals surface area contributed by atoms with Crippen molar-refractivity contribution in [3.63, 3.8) is 0 Å². The van der Waals surface area contributed by atoms with E-state index in [0.717, 1.165) is 31.7 Å². The molecule has 1 atom stereocenters. The lowest BCUT2D eigenvalue weighted by Gasteiger charge is -2.42. The molecule has 2 rings (SSSR count). The Bertz CT molecular complexity index is 490. The largest absolute Gasteiger partial charge is 0.502 e. The summed E-state index contributed by atoms with van der Waals surface area (Å²) in [6.07, 6.45) is 0. The first-order valence-electron chi connectivity index (χ1n) is 7.78. The number of benzene rings is 1. The highest BCUT2D eigenvalue weighted by molar-refractivity contribution is 5.85. The van der Waals surface area contributed by atoms with Crippen molar-refractivity contribution in [3.05, 3.63) is 17.7 Å². The molecular weight excluding hydrogens is 351 g/mol. The Balaban J connectivity index is 0.00000264. The average molecular weight is 381 g/mol. The molecule has 0 spiro atoms. The molecule has 0 unspecified atom stereocenters. The normalized spacial score (nSPS) is 16.5. The van der Waals surface area contributed by atoms with Crippen LogP contribution in [-0.2, 0) is 0 Å². The van der Waals surface area contributed by atoms with Crippen LogP contribution in [0.25, 0.3) is 0 Å². The Morgan fingerprint density at radius 3 is 1.88 bits per heavy atom. The van der Waals surface area contributed by atoms with Gasteiger partial charge in [0, 0.05) is 32.2 Å². The first-order chi connectivity index (χ1) is 10.4. The minimum Gasteiger partial charge on any atom is -0.502 e. The quantitative estimate of drug-likeness (QED) is 0.839. The Morgan fingerprint density at radius 1 is 1.04 bits per heavy atom. The van der Waals surface area contributed by atoms with Crippen molar-refractivity contribution in [1.82, 2.24) is 10.2 Å². The summed E-state index contributed by atoms with van der Waals surface area (Å²) in [4.78, 5) is 2.49. The molecular formula is C17H30Cl2N2O3. The fourth-order valence-corrected chi connectivity index (χ4v) is 3.27. The molecule has 0 aliphatic carbocycles. The first kappa shape index (κ1) is 23.1. The van der Waals surface area contributed by atoms with Crippen LogP contribution in [0.15, 0.2) is 12.1 Å². The van der Waals surface area contributed by atoms with Gasteiger partial charge in [-0.1, -0.05) is 20.8 Å². The lowest BCUT2D eigenvalue weighted by molar-refractivity contribution is 0.0858. The van der Waals surface area contributed by atoms with E-state index in [-0.39, 0.29) is 42.0 Å². The summed E-state index contributed by atoms with van der Waals surface area (Å²) in [6, 6.07) is 4.09. The van der Waals surface area contributed by atoms with Crippen molar-refractivity contribution in [2.24, 2.45) is 5.41 Å². The summed E-state index contributed by atoms with van der Waals surface area (Å²) >= 11 is 0. The van der Waals surface area contributed by atoms with Crippen molar-refractivity contribution < 1.29 is 14.6 Å². The minimum atomic E-state index is 0. The molecule has 1 aromatic rings. The van der Waals surface area contributed by atoms with Crippen LogP contribution in [0.2, 0.25) is 0 Å². The van der Waals surface area contributed by atoms with Crippen molar-refractivity contribution in [1.29, 1.82) is 0 Å². The SMILES string of the molecule is COc1cc([C@@H](N2CCNCC2)C(C)(C)C)cc(OC)c1O.Cl.Cl. The Morgan fingerprint density at radius 2 is 1.50 bits per heavy atom. The second-order valence-corrected chi connectivity index (χ2v) is 6.83. The summed E-state index contributed by atoms with van der Waals surface area (Å²) < 4.78 is 10.6. The molecule has 5 nitrogen and oxygen atoms in total. The lowest BCUT2D eigenvalue weighted by Crippen LogP contribution is -2.48. The third-order valence-electron chi connectivity index (χ3n) is 4.15. The summed E-state index contributed by atoms with van der Waals surface area (Å²) in [5, 5.41) is 13.5. The van der Waals surface area contributed by atoms with Crippen LogP contribution >= 0.6 is 24.8 Å². The summed E-state index contributed by atoms with van der Waals surface area (Å²) in [5.41, 5.74) is 1.17. The van der Waals surface area contributed by atoms with Crippen LogP contribution in [0.1, 0.15) is 32.4 Å². The van der Waals surface area contributed by atoms with Gasteiger partial charge in [0.05, 0.1) is 14.2 Å². The molecule has 140 valence electrons. The van der Waals surface area contributed by atoms with Gasteiger partial charge in [-0.2, -0.15) is 0 Å². The summed E-state index contributed by atoms with van der Waals surface area (Å²) in [5.74, 6) is 0.971. The third kappa shape index (κ3) is 5.06. The van der Waals surface area contributed by atoms with E-state index in [2.05, 4.69) is 31.0 Å². The number of nitrogens with zero attached hydrogens (tertiary/aromatic N) is 1. The van der Waals surface area contributed by atoms with Crippen molar-refractivity contribution in [2.75, 3.05) is 40.4 Å². The summed E-state index contributed by atoms with van der Waals surface area (Å²) in [6.45, 7) is 10.7. The predicted octanol–water partition coefficient (Wildman–Crippen LogP) is 3.25. The van der Waals surface area contributed by atoms with E-state index in [0.29, 0.717) is 11.5 Å². The number of nitrogens with one attached hydrogen (secondary N) is 1. The van der Waals surface area contributed by atoms with E-state index in [4.69, 9.17) is 9.47 Å². The topological polar surface area (TPSA) is 54.0 Å². The molecule has 0 saturated carbocycles. The van der Waals surface area contributed by atoms with E-state index in [1.165, 1.54) is 0 Å². The highest BCUT2D eigenvalue weighted by atomic mass is 35.5. The summed E-state index contributed by atoms with van der Waals surface area (Å²) in [7, 11) is 3.13. The van der Waals surface area contributed by atoms with E-state index in [9.17, 15) is 5.11 Å². The van der Waals surface area contributed by atoms with Crippen LogP contribution < -0.4 is 14.8 Å². The Labute approximate surface area is 157 Å². The minimum absolute atomic E-state index is 0. The van der Waals surface area contributed by atoms with Crippen molar-refractivity contribution in [3.8, 4) is 17.2 Å². The van der Waals surface area contributed by atoms with Crippen LogP contribution in [0.3, 0.4) is 0 Å². The van der Waals surface area contributed by atoms with E-state index in [1.54, 1.807) is 14.2 Å². The molecule has 0 amide bonds. The monoisotopic (exact) mass is 380 g/mol. The molecule has 7 heteroatoms. The fourth-order valence-electron chi connectivity index (χ4n) is 3.27. The van der Waals surface area contributed by atoms with Crippen LogP contribution in [0, 0.1) is 5.41 Å². The number of hydrogen-bond donors (Lipinski definition) is 2. The van der Waals surface area contributed by atoms with Crippen LogP contribution in [0.5, 0.6) is 17.2 Å². The van der Waals surface area contributed by atoms with Gasteiger partial charge < -0.3 is 19.9 Å². The number of ether oxygens (including phenoxy) is 2. The zero-order chi connectivity index (χ0) is 16.3. The number of methoxy groups -OCH3 is 2. The molecule has 2 N–H and O–H groups in total. The Kier molecular flexibility index (Phi) is 9.21. The second kappa shape index (κ2) is 9.56. The standard InChI is InChI=1S/C17H28N2O3.2ClH/c1-17(2,3)16(19-8-6-18-7-9-19)12-10-13(21-4)15(20)14(11-12)22-5;;/h10-11,16,18,20H,6-9H2,1-5H3;2*1H/t16-;;/m1../s1. The lowest BCUT2D eigenvalue weighted by atomic mass is 9.80. The molecule has 1 aliphatic heterocycles. The van der Waals surface area contributed by atoms with E-state index >= 15 is 0 Å². The highest BCUT2D eigenvalue weighted by Crippen LogP contribution is 2.44. The van der Waals surface area contributed by atoms with Crippen molar-refractivity contribution >= 4 is 24.8 Å². The van der Waals surface area contributed by atoms with Gasteiger partial charge in [-0.15, -0.1) is 24.8 Å². The molecule has 0 aromatic heterocycles. The molecule has 0 radical (unpaired) electrons. The van der Waals surface area contributed by atoms with E-state index < -0.39 is 0 Å². The predicted molar refractivity (Wildman–Crippen MR) is 102 cm³/mol. The first-order valence-corrected chi connectivity index (χ1v) is 7.78. The van der Waals surface area contributed by atoms with Gasteiger partial charge in [0.25, 0.3) is 0 Å². The molecule has 1 heterocycles. The number of aromatic hydroxyl groups is 1. The maximum absolute atomic E-state index is 10.1. The van der Waals surface area contributed by atoms with Gasteiger partial charge in [-0.3, -0.25) is 4.90 Å². The Hall–Kier alpha value is -0.880. The van der Waals surface area contributed by atoms with Gasteiger partial charge in [-0.05, 0) is 23.1 Å². The van der Waals surface area contributed by atoms with Gasteiger partial charge in [-0.25, -0.2) is 0 Å². The molecule has 1 aromatic carbocycles. The molecule has 0 bridgehead atoms. The molecule has 1 saturated heterocycles. The second-order valence-electron chi connectivity index (χ2n) is 6.83. The number of halogens is 2. The van der Waals surface area contributed by atoms with Crippen LogP contribution in [0.4, 0.5) is 0 Å². The number of piperazine rings is 1. The zero-order valence-electron chi connectivity index (χ0n) is 15.1. The third-order valence-corrected chi connectivity index (χ3v) is 4.15. The maximum Gasteiger partial charge on any atom is 0.200 e. The molecule has 1 aliphatic rings. The van der Waals surface area contributed by atoms with Crippen molar-refractivity contribution in [2.45, 2.75) is 26.8 Å². The number of rotatable bonds is 4. The van der Waals surface area contributed by atoms with Gasteiger partial charge in [0.15, 0.2) is 11.5 Å². The highest BCUT2D eigenvalue weighted by Gasteiger charge is 2.33. The molecule has 1 fully saturated rings. The van der Waals surface area contributed by atoms with Gasteiger partial charge >= 0.3 is 0 Å². The van der Waals surface area contributed by atoms with E-state index in [1.807, 2.05) is 12.1 Å². The zero-order valence-corrected chi connectivity index (χ0v) is 16.7.